The second kappa shape index (κ2) is 7.47. The molecule has 2 amide bonds. The van der Waals surface area contributed by atoms with Crippen molar-refractivity contribution in [1.82, 2.24) is 10.9 Å². The molecule has 1 aromatic heterocycles. The fourth-order valence-corrected chi connectivity index (χ4v) is 2.89. The fourth-order valence-electron chi connectivity index (χ4n) is 1.31. The van der Waals surface area contributed by atoms with E-state index in [1.165, 1.54) is 23.1 Å². The van der Waals surface area contributed by atoms with Crippen LogP contribution < -0.4 is 10.9 Å². The van der Waals surface area contributed by atoms with Crippen molar-refractivity contribution in [2.24, 2.45) is 0 Å². The lowest BCUT2D eigenvalue weighted by Crippen LogP contribution is -2.42. The largest absolute Gasteiger partial charge is 0.279 e. The number of amides is 2. The summed E-state index contributed by atoms with van der Waals surface area (Å²) in [6, 6.07) is 11.2. The molecule has 2 rings (SSSR count). The number of nitrogens with one attached hydrogen (secondary N) is 2. The summed E-state index contributed by atoms with van der Waals surface area (Å²) in [6.07, 6.45) is 0. The minimum atomic E-state index is -0.304. The minimum absolute atomic E-state index is 0.242. The first-order chi connectivity index (χ1) is 9.65. The Bertz CT molecular complexity index is 585. The summed E-state index contributed by atoms with van der Waals surface area (Å²) in [4.78, 5) is 24.8. The second-order valence-electron chi connectivity index (χ2n) is 3.72. The van der Waals surface area contributed by atoms with Gasteiger partial charge in [0.1, 0.15) is 0 Å². The Morgan fingerprint density at radius 2 is 1.90 bits per heavy atom. The fraction of sp³-hybridized carbons (Fsp3) is 0.0769. The number of hydrogen-bond donors (Lipinski definition) is 2. The van der Waals surface area contributed by atoms with Crippen LogP contribution in [0, 0.1) is 0 Å². The van der Waals surface area contributed by atoms with Gasteiger partial charge in [0.2, 0.25) is 5.91 Å². The van der Waals surface area contributed by atoms with Crippen molar-refractivity contribution in [3.63, 3.8) is 0 Å². The van der Waals surface area contributed by atoms with Gasteiger partial charge in [-0.3, -0.25) is 20.4 Å². The Balaban J connectivity index is 1.73. The Morgan fingerprint density at radius 1 is 1.15 bits per heavy atom. The quantitative estimate of drug-likeness (QED) is 0.642. The van der Waals surface area contributed by atoms with Crippen molar-refractivity contribution in [2.45, 2.75) is 4.90 Å². The molecule has 0 unspecified atom stereocenters. The van der Waals surface area contributed by atoms with Crippen molar-refractivity contribution in [3.05, 3.63) is 51.1 Å². The number of thiophene rings is 1. The zero-order chi connectivity index (χ0) is 14.4. The maximum atomic E-state index is 11.6. The highest BCUT2D eigenvalue weighted by Gasteiger charge is 2.08. The smallest absolute Gasteiger partial charge is 0.272 e. The number of rotatable bonds is 4. The Morgan fingerprint density at radius 3 is 2.55 bits per heavy atom. The summed E-state index contributed by atoms with van der Waals surface area (Å²) in [6.45, 7) is 0. The highest BCUT2D eigenvalue weighted by molar-refractivity contribution is 9.10. The summed E-state index contributed by atoms with van der Waals surface area (Å²) in [5.41, 5.74) is 4.77. The number of carbonyl (C=O) groups is 2. The monoisotopic (exact) mass is 370 g/mol. The summed E-state index contributed by atoms with van der Waals surface area (Å²) in [5, 5.41) is 1.81. The predicted molar refractivity (Wildman–Crippen MR) is 84.8 cm³/mol. The van der Waals surface area contributed by atoms with E-state index < -0.39 is 0 Å². The summed E-state index contributed by atoms with van der Waals surface area (Å²) in [5.74, 6) is -0.309. The molecule has 0 aliphatic heterocycles. The summed E-state index contributed by atoms with van der Waals surface area (Å²) >= 11 is 6.08. The Hall–Kier alpha value is -1.31. The zero-order valence-corrected chi connectivity index (χ0v) is 13.5. The molecule has 2 N–H and O–H groups in total. The van der Waals surface area contributed by atoms with Gasteiger partial charge in [-0.15, -0.1) is 23.1 Å². The first-order valence-corrected chi connectivity index (χ1v) is 8.32. The molecule has 1 aromatic carbocycles. The van der Waals surface area contributed by atoms with Crippen LogP contribution in [0.25, 0.3) is 0 Å². The van der Waals surface area contributed by atoms with E-state index >= 15 is 0 Å². The van der Waals surface area contributed by atoms with E-state index in [0.29, 0.717) is 4.88 Å². The van der Waals surface area contributed by atoms with Crippen LogP contribution in [0.4, 0.5) is 0 Å². The average molecular weight is 371 g/mol. The molecule has 7 heteroatoms. The molecule has 0 aliphatic rings. The van der Waals surface area contributed by atoms with Crippen molar-refractivity contribution in [3.8, 4) is 0 Å². The van der Waals surface area contributed by atoms with E-state index in [1.807, 2.05) is 24.3 Å². The molecule has 0 aliphatic carbocycles. The number of hydrazine groups is 1. The summed E-state index contributed by atoms with van der Waals surface area (Å²) in [7, 11) is 0. The standard InChI is InChI=1S/C13H11BrN2O2S2/c14-9-3-5-10(6-4-9)20-8-12(17)15-16-13(18)11-2-1-7-19-11/h1-7H,8H2,(H,15,17)(H,16,18). The van der Waals surface area contributed by atoms with Crippen molar-refractivity contribution in [2.75, 3.05) is 5.75 Å². The molecule has 0 radical (unpaired) electrons. The van der Waals surface area contributed by atoms with Gasteiger partial charge in [-0.25, -0.2) is 0 Å². The van der Waals surface area contributed by atoms with Gasteiger partial charge in [-0.1, -0.05) is 22.0 Å². The SMILES string of the molecule is O=C(CSc1ccc(Br)cc1)NNC(=O)c1cccs1. The third-order valence-corrected chi connectivity index (χ3v) is 4.65. The highest BCUT2D eigenvalue weighted by atomic mass is 79.9. The first kappa shape index (κ1) is 15.1. The predicted octanol–water partition coefficient (Wildman–Crippen LogP) is 3.06. The van der Waals surface area contributed by atoms with Crippen LogP contribution in [0.5, 0.6) is 0 Å². The topological polar surface area (TPSA) is 58.2 Å². The molecule has 2 aromatic rings. The number of hydrogen-bond acceptors (Lipinski definition) is 4. The molecular formula is C13H11BrN2O2S2. The molecule has 0 atom stereocenters. The molecule has 0 bridgehead atoms. The number of halogens is 1. The van der Waals surface area contributed by atoms with E-state index in [2.05, 4.69) is 26.8 Å². The molecule has 0 spiro atoms. The van der Waals surface area contributed by atoms with E-state index in [0.717, 1.165) is 9.37 Å². The maximum Gasteiger partial charge on any atom is 0.279 e. The molecule has 104 valence electrons. The van der Waals surface area contributed by atoms with Gasteiger partial charge in [-0.2, -0.15) is 0 Å². The van der Waals surface area contributed by atoms with Gasteiger partial charge in [0.05, 0.1) is 10.6 Å². The zero-order valence-electron chi connectivity index (χ0n) is 10.3. The van der Waals surface area contributed by atoms with Crippen LogP contribution in [-0.4, -0.2) is 17.6 Å². The number of carbonyl (C=O) groups excluding carboxylic acids is 2. The lowest BCUT2D eigenvalue weighted by Gasteiger charge is -2.06. The van der Waals surface area contributed by atoms with Gasteiger partial charge in [0.25, 0.3) is 5.91 Å². The average Bonchev–Trinajstić information content (AvgIpc) is 2.98. The Kier molecular flexibility index (Phi) is 5.63. The summed E-state index contributed by atoms with van der Waals surface area (Å²) < 4.78 is 0.995. The van der Waals surface area contributed by atoms with Crippen LogP contribution in [0.1, 0.15) is 9.67 Å². The molecular weight excluding hydrogens is 360 g/mol. The normalized spacial score (nSPS) is 10.1. The molecule has 0 saturated heterocycles. The third-order valence-electron chi connectivity index (χ3n) is 2.24. The number of benzene rings is 1. The van der Waals surface area contributed by atoms with Gasteiger partial charge in [0, 0.05) is 9.37 Å². The van der Waals surface area contributed by atoms with E-state index in [4.69, 9.17) is 0 Å². The third kappa shape index (κ3) is 4.66. The van der Waals surface area contributed by atoms with Crippen molar-refractivity contribution >= 4 is 50.8 Å². The van der Waals surface area contributed by atoms with E-state index in [1.54, 1.807) is 17.5 Å². The van der Waals surface area contributed by atoms with Crippen molar-refractivity contribution in [1.29, 1.82) is 0 Å². The van der Waals surface area contributed by atoms with Crippen LogP contribution in [0.3, 0.4) is 0 Å². The van der Waals surface area contributed by atoms with Crippen LogP contribution in [0.2, 0.25) is 0 Å². The second-order valence-corrected chi connectivity index (χ2v) is 6.63. The van der Waals surface area contributed by atoms with Crippen LogP contribution in [-0.2, 0) is 4.79 Å². The van der Waals surface area contributed by atoms with Gasteiger partial charge in [-0.05, 0) is 35.7 Å². The maximum absolute atomic E-state index is 11.6. The van der Waals surface area contributed by atoms with Gasteiger partial charge < -0.3 is 0 Å². The van der Waals surface area contributed by atoms with Gasteiger partial charge >= 0.3 is 0 Å². The lowest BCUT2D eigenvalue weighted by molar-refractivity contribution is -0.119. The first-order valence-electron chi connectivity index (χ1n) is 5.66. The molecule has 0 fully saturated rings. The highest BCUT2D eigenvalue weighted by Crippen LogP contribution is 2.20. The number of thioether (sulfide) groups is 1. The molecule has 1 heterocycles. The lowest BCUT2D eigenvalue weighted by atomic mass is 10.4. The molecule has 4 nitrogen and oxygen atoms in total. The van der Waals surface area contributed by atoms with E-state index in [9.17, 15) is 9.59 Å². The minimum Gasteiger partial charge on any atom is -0.272 e. The molecule has 20 heavy (non-hydrogen) atoms. The van der Waals surface area contributed by atoms with Crippen molar-refractivity contribution < 1.29 is 9.59 Å². The Labute approximate surface area is 133 Å². The van der Waals surface area contributed by atoms with Gasteiger partial charge in [0.15, 0.2) is 0 Å². The van der Waals surface area contributed by atoms with Crippen LogP contribution >= 0.6 is 39.0 Å². The van der Waals surface area contributed by atoms with Crippen LogP contribution in [0.15, 0.2) is 51.1 Å². The van der Waals surface area contributed by atoms with E-state index in [-0.39, 0.29) is 17.6 Å². The molecule has 0 saturated carbocycles.